The van der Waals surface area contributed by atoms with Gasteiger partial charge in [0.15, 0.2) is 17.8 Å². The fourth-order valence-electron chi connectivity index (χ4n) is 8.48. The molecule has 2 bridgehead atoms. The average molecular weight is 743 g/mol. The minimum atomic E-state index is -2.35. The Kier molecular flexibility index (Phi) is 10.8. The maximum absolute atomic E-state index is 14.0. The average Bonchev–Trinajstić information content (AvgIpc) is 3.68. The molecule has 1 spiro atoms. The fraction of sp³-hybridized carbons (Fsp3) is 0.579. The van der Waals surface area contributed by atoms with Gasteiger partial charge in [-0.05, 0) is 51.5 Å². The molecule has 5 rings (SSSR count). The number of hydrogen-bond acceptors (Lipinski definition) is 15. The Balaban J connectivity index is 1.91. The van der Waals surface area contributed by atoms with Gasteiger partial charge >= 0.3 is 35.8 Å². The van der Waals surface area contributed by atoms with Crippen LogP contribution < -0.4 is 0 Å². The van der Waals surface area contributed by atoms with Gasteiger partial charge in [0.05, 0.1) is 34.9 Å². The molecule has 3 fully saturated rings. The molecular formula is C38H46O15. The van der Waals surface area contributed by atoms with Crippen molar-refractivity contribution in [2.75, 3.05) is 6.61 Å². The van der Waals surface area contributed by atoms with Gasteiger partial charge in [-0.25, -0.2) is 9.59 Å². The van der Waals surface area contributed by atoms with Crippen molar-refractivity contribution in [3.05, 3.63) is 60.1 Å². The van der Waals surface area contributed by atoms with Crippen molar-refractivity contribution in [3.63, 3.8) is 0 Å². The van der Waals surface area contributed by atoms with Crippen LogP contribution in [0.1, 0.15) is 89.1 Å². The molecule has 15 nitrogen and oxygen atoms in total. The fourth-order valence-corrected chi connectivity index (χ4v) is 8.48. The number of benzene rings is 1. The van der Waals surface area contributed by atoms with E-state index in [-0.39, 0.29) is 11.3 Å². The van der Waals surface area contributed by atoms with Gasteiger partial charge in [-0.1, -0.05) is 32.0 Å². The Morgan fingerprint density at radius 3 is 2.00 bits per heavy atom. The first-order valence-electron chi connectivity index (χ1n) is 17.4. The van der Waals surface area contributed by atoms with Crippen LogP contribution in [-0.2, 0) is 52.3 Å². The predicted octanol–water partition coefficient (Wildman–Crippen LogP) is 3.73. The smallest absolute Gasteiger partial charge is 0.374 e. The minimum Gasteiger partial charge on any atom is -0.464 e. The number of furan rings is 1. The largest absolute Gasteiger partial charge is 0.464 e. The van der Waals surface area contributed by atoms with Crippen LogP contribution in [0.2, 0.25) is 0 Å². The van der Waals surface area contributed by atoms with Gasteiger partial charge in [-0.15, -0.1) is 0 Å². The Labute approximate surface area is 306 Å². The third kappa shape index (κ3) is 6.80. The number of ether oxygens (including phenoxy) is 7. The highest BCUT2D eigenvalue weighted by Crippen LogP contribution is 2.69. The molecule has 15 heteroatoms. The zero-order valence-electron chi connectivity index (χ0n) is 30.9. The molecule has 0 amide bonds. The van der Waals surface area contributed by atoms with E-state index in [1.54, 1.807) is 45.9 Å². The number of fused-ring (bicyclic) bond motifs is 1. The highest BCUT2D eigenvalue weighted by atomic mass is 16.7. The number of hydrogen-bond donors (Lipinski definition) is 1. The lowest BCUT2D eigenvalue weighted by molar-refractivity contribution is -0.363. The molecule has 0 unspecified atom stereocenters. The first-order valence-corrected chi connectivity index (χ1v) is 17.4. The van der Waals surface area contributed by atoms with Crippen molar-refractivity contribution in [1.29, 1.82) is 0 Å². The van der Waals surface area contributed by atoms with E-state index in [1.807, 2.05) is 0 Å². The van der Waals surface area contributed by atoms with Crippen LogP contribution in [0.15, 0.2) is 53.1 Å². The SMILES string of the molecule is CC[C@@H](C)C(=O)OC[C@]12[C@@H](OC(=O)c3ccco3)[C@H](OC(=O)c3ccccc3)[C@@H]3[C@@H](OC(C)=O)[C@]1(OC3(C)C)[C@@](C)(O)C[C@H](OC(C)=O)[C@@H]2OC(C)=O. The predicted molar refractivity (Wildman–Crippen MR) is 180 cm³/mol. The maximum atomic E-state index is 14.0. The molecule has 1 aromatic carbocycles. The molecule has 10 atom stereocenters. The summed E-state index contributed by atoms with van der Waals surface area (Å²) in [5.41, 5.74) is -8.22. The summed E-state index contributed by atoms with van der Waals surface area (Å²) in [7, 11) is 0. The topological polar surface area (TPSA) is 200 Å². The van der Waals surface area contributed by atoms with Crippen LogP contribution in [0.5, 0.6) is 0 Å². The molecule has 53 heavy (non-hydrogen) atoms. The Morgan fingerprint density at radius 1 is 0.811 bits per heavy atom. The quantitative estimate of drug-likeness (QED) is 0.258. The summed E-state index contributed by atoms with van der Waals surface area (Å²) < 4.78 is 48.7. The van der Waals surface area contributed by atoms with Crippen LogP contribution in [0.4, 0.5) is 0 Å². The molecule has 0 radical (unpaired) electrons. The summed E-state index contributed by atoms with van der Waals surface area (Å²) in [5, 5.41) is 12.8. The van der Waals surface area contributed by atoms with E-state index in [9.17, 15) is 33.9 Å². The van der Waals surface area contributed by atoms with Gasteiger partial charge in [-0.3, -0.25) is 19.2 Å². The summed E-state index contributed by atoms with van der Waals surface area (Å²) in [6.07, 6.45) is -7.16. The van der Waals surface area contributed by atoms with E-state index in [2.05, 4.69) is 0 Å². The van der Waals surface area contributed by atoms with E-state index in [0.717, 1.165) is 20.8 Å². The third-order valence-electron chi connectivity index (χ3n) is 10.6. The van der Waals surface area contributed by atoms with E-state index in [0.29, 0.717) is 6.42 Å². The number of esters is 6. The first-order chi connectivity index (χ1) is 24.8. The van der Waals surface area contributed by atoms with Gasteiger partial charge in [0.25, 0.3) is 0 Å². The van der Waals surface area contributed by atoms with Gasteiger partial charge < -0.3 is 42.7 Å². The summed E-state index contributed by atoms with van der Waals surface area (Å²) in [5.74, 6) is -7.41. The van der Waals surface area contributed by atoms with Crippen LogP contribution in [0.3, 0.4) is 0 Å². The molecule has 2 aliphatic carbocycles. The molecule has 288 valence electrons. The lowest BCUT2D eigenvalue weighted by atomic mass is 9.45. The van der Waals surface area contributed by atoms with Gasteiger partial charge in [-0.2, -0.15) is 0 Å². The van der Waals surface area contributed by atoms with Gasteiger partial charge in [0.1, 0.15) is 30.3 Å². The molecule has 2 saturated carbocycles. The molecule has 1 aromatic heterocycles. The lowest BCUT2D eigenvalue weighted by Gasteiger charge is -2.66. The van der Waals surface area contributed by atoms with Crippen molar-refractivity contribution < 1.29 is 71.4 Å². The molecule has 1 aliphatic heterocycles. The maximum Gasteiger partial charge on any atom is 0.374 e. The second-order valence-electron chi connectivity index (χ2n) is 14.6. The first kappa shape index (κ1) is 39.4. The Morgan fingerprint density at radius 2 is 1.43 bits per heavy atom. The van der Waals surface area contributed by atoms with Crippen molar-refractivity contribution in [2.24, 2.45) is 17.3 Å². The summed E-state index contributed by atoms with van der Waals surface area (Å²) >= 11 is 0. The second kappa shape index (κ2) is 14.6. The lowest BCUT2D eigenvalue weighted by Crippen LogP contribution is -2.85. The highest BCUT2D eigenvalue weighted by Gasteiger charge is 2.89. The number of rotatable bonds is 11. The molecular weight excluding hydrogens is 696 g/mol. The number of carbonyl (C=O) groups is 6. The Hall–Kier alpha value is -4.76. The minimum absolute atomic E-state index is 0.100. The van der Waals surface area contributed by atoms with Gasteiger partial charge in [0, 0.05) is 27.2 Å². The monoisotopic (exact) mass is 742 g/mol. The van der Waals surface area contributed by atoms with Crippen molar-refractivity contribution in [1.82, 2.24) is 0 Å². The Bertz CT molecular complexity index is 1720. The number of carbonyl (C=O) groups excluding carboxylic acids is 6. The third-order valence-corrected chi connectivity index (χ3v) is 10.6. The zero-order valence-corrected chi connectivity index (χ0v) is 30.9. The summed E-state index contributed by atoms with van der Waals surface area (Å²) in [6.45, 7) is 10.4. The molecule has 3 aliphatic rings. The standard InChI is InChI=1S/C38H46O15/c1-9-20(2)32(42)47-19-37-29(49-22(4)40)26(48-21(3)39)18-36(8,45)38(37)30(50-23(5)41)27(35(6,7)53-38)28(51-33(43)24-14-11-10-12-15-24)31(37)52-34(44)25-16-13-17-46-25/h10-17,20,26-31,45H,9,18-19H2,1-8H3/t20-,26+,27-,28-,29+,30-,31+,36+,37+,38+/m1/s1. The van der Waals surface area contributed by atoms with E-state index < -0.39 is 113 Å². The number of aliphatic hydroxyl groups is 1. The van der Waals surface area contributed by atoms with Crippen LogP contribution in [0, 0.1) is 17.3 Å². The van der Waals surface area contributed by atoms with Crippen molar-refractivity contribution in [3.8, 4) is 0 Å². The van der Waals surface area contributed by atoms with E-state index in [1.165, 1.54) is 37.5 Å². The molecule has 2 heterocycles. The molecule has 2 aromatic rings. The van der Waals surface area contributed by atoms with E-state index in [4.69, 9.17) is 37.6 Å². The summed E-state index contributed by atoms with van der Waals surface area (Å²) in [6, 6.07) is 10.6. The normalized spacial score (nSPS) is 33.0. The van der Waals surface area contributed by atoms with E-state index >= 15 is 0 Å². The summed E-state index contributed by atoms with van der Waals surface area (Å²) in [4.78, 5) is 80.5. The van der Waals surface area contributed by atoms with Crippen molar-refractivity contribution >= 4 is 35.8 Å². The molecule has 1 N–H and O–H groups in total. The van der Waals surface area contributed by atoms with Crippen LogP contribution in [-0.4, -0.2) is 94.9 Å². The van der Waals surface area contributed by atoms with Crippen LogP contribution in [0.25, 0.3) is 0 Å². The second-order valence-corrected chi connectivity index (χ2v) is 14.6. The van der Waals surface area contributed by atoms with Gasteiger partial charge in [0.2, 0.25) is 5.76 Å². The van der Waals surface area contributed by atoms with Crippen molar-refractivity contribution in [2.45, 2.75) is 116 Å². The van der Waals surface area contributed by atoms with Crippen LogP contribution >= 0.6 is 0 Å². The highest BCUT2D eigenvalue weighted by molar-refractivity contribution is 5.90. The zero-order chi connectivity index (χ0) is 39.1. The molecule has 1 saturated heterocycles.